The van der Waals surface area contributed by atoms with E-state index in [1.807, 2.05) is 0 Å². The van der Waals surface area contributed by atoms with Crippen LogP contribution in [0.1, 0.15) is 32.4 Å². The molecule has 1 aromatic rings. The summed E-state index contributed by atoms with van der Waals surface area (Å²) in [4.78, 5) is 14.1. The third-order valence-electron chi connectivity index (χ3n) is 3.46. The van der Waals surface area contributed by atoms with Crippen LogP contribution in [-0.4, -0.2) is 48.3 Å². The predicted molar refractivity (Wildman–Crippen MR) is 80.1 cm³/mol. The highest BCUT2D eigenvalue weighted by Gasteiger charge is 2.21. The number of hydrogen-bond acceptors (Lipinski definition) is 5. The Morgan fingerprint density at radius 3 is 2.81 bits per heavy atom. The number of anilines is 1. The van der Waals surface area contributed by atoms with Crippen LogP contribution in [0.15, 0.2) is 10.6 Å². The number of carbonyl (C=O) groups is 1. The van der Waals surface area contributed by atoms with Crippen LogP contribution in [0.25, 0.3) is 0 Å². The van der Waals surface area contributed by atoms with E-state index in [0.29, 0.717) is 30.1 Å². The Bertz CT molecular complexity index is 451. The Morgan fingerprint density at radius 1 is 1.52 bits per heavy atom. The number of nitrogens with one attached hydrogen (secondary N) is 1. The molecule has 6 heteroatoms. The largest absolute Gasteiger partial charge is 0.378 e. The smallest absolute Gasteiger partial charge is 0.239 e. The lowest BCUT2D eigenvalue weighted by atomic mass is 10.1. The molecule has 0 unspecified atom stereocenters. The molecule has 0 atom stereocenters. The highest BCUT2D eigenvalue weighted by atomic mass is 16.5. The summed E-state index contributed by atoms with van der Waals surface area (Å²) in [7, 11) is 0. The molecule has 1 fully saturated rings. The summed E-state index contributed by atoms with van der Waals surface area (Å²) >= 11 is 0. The zero-order valence-electron chi connectivity index (χ0n) is 13.1. The molecule has 1 aromatic heterocycles. The monoisotopic (exact) mass is 295 g/mol. The third-order valence-corrected chi connectivity index (χ3v) is 3.46. The maximum atomic E-state index is 11.9. The number of aromatic nitrogens is 1. The van der Waals surface area contributed by atoms with Gasteiger partial charge in [-0.25, -0.2) is 0 Å². The molecule has 1 aliphatic rings. The number of piperidine rings is 1. The summed E-state index contributed by atoms with van der Waals surface area (Å²) in [5.41, 5.74) is 0. The van der Waals surface area contributed by atoms with Crippen LogP contribution >= 0.6 is 0 Å². The van der Waals surface area contributed by atoms with Crippen molar-refractivity contribution in [2.24, 2.45) is 5.92 Å². The lowest BCUT2D eigenvalue weighted by Gasteiger charge is -2.31. The number of likely N-dealkylation sites (tertiary alicyclic amines) is 1. The summed E-state index contributed by atoms with van der Waals surface area (Å²) in [6.45, 7) is 9.11. The maximum absolute atomic E-state index is 11.9. The van der Waals surface area contributed by atoms with Crippen LogP contribution < -0.4 is 5.32 Å². The molecular formula is C15H25N3O3. The van der Waals surface area contributed by atoms with E-state index in [2.05, 4.69) is 29.2 Å². The van der Waals surface area contributed by atoms with E-state index < -0.39 is 0 Å². The molecule has 2 heterocycles. The molecule has 1 N–H and O–H groups in total. The van der Waals surface area contributed by atoms with Gasteiger partial charge in [0.2, 0.25) is 5.91 Å². The number of aryl methyl sites for hydroxylation is 1. The van der Waals surface area contributed by atoms with Gasteiger partial charge in [-0.2, -0.15) is 0 Å². The van der Waals surface area contributed by atoms with Crippen molar-refractivity contribution >= 4 is 11.7 Å². The van der Waals surface area contributed by atoms with Gasteiger partial charge in [-0.3, -0.25) is 9.69 Å². The summed E-state index contributed by atoms with van der Waals surface area (Å²) < 4.78 is 10.8. The molecule has 0 aliphatic carbocycles. The second-order valence-electron chi connectivity index (χ2n) is 6.07. The van der Waals surface area contributed by atoms with E-state index in [0.717, 1.165) is 32.5 Å². The first-order valence-corrected chi connectivity index (χ1v) is 7.60. The number of rotatable bonds is 6. The fourth-order valence-electron chi connectivity index (χ4n) is 2.37. The van der Waals surface area contributed by atoms with Crippen LogP contribution in [-0.2, 0) is 9.53 Å². The summed E-state index contributed by atoms with van der Waals surface area (Å²) in [5.74, 6) is 1.69. The Labute approximate surface area is 125 Å². The number of hydrogen-bond donors (Lipinski definition) is 1. The highest BCUT2D eigenvalue weighted by molar-refractivity contribution is 5.91. The highest BCUT2D eigenvalue weighted by Crippen LogP contribution is 2.15. The molecule has 1 amide bonds. The van der Waals surface area contributed by atoms with E-state index >= 15 is 0 Å². The maximum Gasteiger partial charge on any atom is 0.239 e. The van der Waals surface area contributed by atoms with Crippen molar-refractivity contribution < 1.29 is 14.1 Å². The standard InChI is InChI=1S/C15H25N3O3/c1-11(2)10-20-13-4-6-18(7-5-13)9-15(19)16-14-8-12(3)21-17-14/h8,11,13H,4-7,9-10H2,1-3H3,(H,16,17,19). The van der Waals surface area contributed by atoms with Gasteiger partial charge in [0.15, 0.2) is 5.82 Å². The SMILES string of the molecule is Cc1cc(NC(=O)CN2CCC(OCC(C)C)CC2)no1. The molecule has 0 radical (unpaired) electrons. The van der Waals surface area contributed by atoms with Crippen molar-refractivity contribution in [2.45, 2.75) is 39.7 Å². The quantitative estimate of drug-likeness (QED) is 0.870. The summed E-state index contributed by atoms with van der Waals surface area (Å²) in [6, 6.07) is 1.71. The fraction of sp³-hybridized carbons (Fsp3) is 0.733. The van der Waals surface area contributed by atoms with E-state index in [1.165, 1.54) is 0 Å². The van der Waals surface area contributed by atoms with Gasteiger partial charge in [-0.15, -0.1) is 0 Å². The molecule has 2 rings (SSSR count). The topological polar surface area (TPSA) is 67.6 Å². The molecule has 0 bridgehead atoms. The summed E-state index contributed by atoms with van der Waals surface area (Å²) in [6.07, 6.45) is 2.32. The van der Waals surface area contributed by atoms with Gasteiger partial charge in [-0.05, 0) is 25.7 Å². The zero-order valence-corrected chi connectivity index (χ0v) is 13.1. The lowest BCUT2D eigenvalue weighted by molar-refractivity contribution is -0.118. The molecule has 1 saturated heterocycles. The molecule has 118 valence electrons. The number of amides is 1. The Morgan fingerprint density at radius 2 is 2.24 bits per heavy atom. The van der Waals surface area contributed by atoms with Crippen molar-refractivity contribution in [3.05, 3.63) is 11.8 Å². The average molecular weight is 295 g/mol. The van der Waals surface area contributed by atoms with Gasteiger partial charge in [0.05, 0.1) is 12.6 Å². The lowest BCUT2D eigenvalue weighted by Crippen LogP contribution is -2.41. The molecular weight excluding hydrogens is 270 g/mol. The number of nitrogens with zero attached hydrogens (tertiary/aromatic N) is 2. The van der Waals surface area contributed by atoms with Crippen molar-refractivity contribution in [2.75, 3.05) is 31.6 Å². The average Bonchev–Trinajstić information content (AvgIpc) is 2.83. The third kappa shape index (κ3) is 5.47. The Balaban J connectivity index is 1.67. The van der Waals surface area contributed by atoms with Crippen molar-refractivity contribution in [3.63, 3.8) is 0 Å². The summed E-state index contributed by atoms with van der Waals surface area (Å²) in [5, 5.41) is 6.50. The van der Waals surface area contributed by atoms with Gasteiger partial charge in [0, 0.05) is 25.8 Å². The van der Waals surface area contributed by atoms with Crippen LogP contribution in [0.2, 0.25) is 0 Å². The van der Waals surface area contributed by atoms with Crippen LogP contribution in [0.5, 0.6) is 0 Å². The minimum atomic E-state index is -0.0511. The van der Waals surface area contributed by atoms with Crippen molar-refractivity contribution in [1.82, 2.24) is 10.1 Å². The minimum absolute atomic E-state index is 0.0511. The predicted octanol–water partition coefficient (Wildman–Crippen LogP) is 2.06. The molecule has 0 spiro atoms. The van der Waals surface area contributed by atoms with Crippen LogP contribution in [0, 0.1) is 12.8 Å². The first-order chi connectivity index (χ1) is 10.0. The van der Waals surface area contributed by atoms with Crippen molar-refractivity contribution in [1.29, 1.82) is 0 Å². The first-order valence-electron chi connectivity index (χ1n) is 7.60. The van der Waals surface area contributed by atoms with Crippen molar-refractivity contribution in [3.8, 4) is 0 Å². The van der Waals surface area contributed by atoms with Gasteiger partial charge in [0.1, 0.15) is 5.76 Å². The van der Waals surface area contributed by atoms with E-state index in [-0.39, 0.29) is 5.91 Å². The van der Waals surface area contributed by atoms with Crippen LogP contribution in [0.4, 0.5) is 5.82 Å². The van der Waals surface area contributed by atoms with Gasteiger partial charge < -0.3 is 14.6 Å². The number of carbonyl (C=O) groups excluding carboxylic acids is 1. The van der Waals surface area contributed by atoms with Crippen LogP contribution in [0.3, 0.4) is 0 Å². The van der Waals surface area contributed by atoms with Gasteiger partial charge in [0.25, 0.3) is 0 Å². The first kappa shape index (κ1) is 16.0. The molecule has 21 heavy (non-hydrogen) atoms. The fourth-order valence-corrected chi connectivity index (χ4v) is 2.37. The molecule has 1 aliphatic heterocycles. The van der Waals surface area contributed by atoms with E-state index in [1.54, 1.807) is 13.0 Å². The molecule has 6 nitrogen and oxygen atoms in total. The van der Waals surface area contributed by atoms with Gasteiger partial charge in [-0.1, -0.05) is 19.0 Å². The van der Waals surface area contributed by atoms with Gasteiger partial charge >= 0.3 is 0 Å². The molecule has 0 aromatic carbocycles. The second-order valence-corrected chi connectivity index (χ2v) is 6.07. The number of ether oxygens (including phenoxy) is 1. The normalized spacial score (nSPS) is 17.3. The molecule has 0 saturated carbocycles. The van der Waals surface area contributed by atoms with E-state index in [9.17, 15) is 4.79 Å². The van der Waals surface area contributed by atoms with E-state index in [4.69, 9.17) is 9.26 Å². The Hall–Kier alpha value is -1.40. The zero-order chi connectivity index (χ0) is 15.2. The minimum Gasteiger partial charge on any atom is -0.378 e. The second kappa shape index (κ2) is 7.56. The Kier molecular flexibility index (Phi) is 5.76.